The molecule has 30 heavy (non-hydrogen) atoms. The van der Waals surface area contributed by atoms with Gasteiger partial charge in [0.15, 0.2) is 8.32 Å². The molecule has 7 heteroatoms. The maximum Gasteiger partial charge on any atom is 0.410 e. The molecule has 3 atom stereocenters. The fourth-order valence-corrected chi connectivity index (χ4v) is 4.66. The van der Waals surface area contributed by atoms with Crippen LogP contribution in [0.4, 0.5) is 4.79 Å². The molecule has 170 valence electrons. The van der Waals surface area contributed by atoms with E-state index in [4.69, 9.17) is 13.9 Å². The summed E-state index contributed by atoms with van der Waals surface area (Å²) in [5, 5.41) is 10.9. The third kappa shape index (κ3) is 5.99. The average Bonchev–Trinajstić information content (AvgIpc) is 2.89. The number of methoxy groups -OCH3 is 1. The lowest BCUT2D eigenvalue weighted by molar-refractivity contribution is 0.0157. The molecule has 1 saturated heterocycles. The van der Waals surface area contributed by atoms with Crippen molar-refractivity contribution in [3.63, 3.8) is 0 Å². The number of aliphatic hydroxyl groups excluding tert-OH is 1. The zero-order valence-corrected chi connectivity index (χ0v) is 21.0. The highest BCUT2D eigenvalue weighted by atomic mass is 28.4. The second kappa shape index (κ2) is 8.89. The first-order valence-corrected chi connectivity index (χ1v) is 13.5. The average molecular weight is 438 g/mol. The Hall–Kier alpha value is -1.57. The Morgan fingerprint density at radius 1 is 1.13 bits per heavy atom. The van der Waals surface area contributed by atoms with Crippen LogP contribution in [0.1, 0.15) is 47.1 Å². The number of β-amino-alcohol motifs (C(OH)–C–C–N with tert-alkyl or cyclic N) is 1. The number of ether oxygens (including phenoxy) is 2. The summed E-state index contributed by atoms with van der Waals surface area (Å²) in [6, 6.07) is 7.47. The Bertz CT molecular complexity index is 721. The highest BCUT2D eigenvalue weighted by molar-refractivity contribution is 6.74. The zero-order valence-electron chi connectivity index (χ0n) is 20.0. The molecule has 0 saturated carbocycles. The van der Waals surface area contributed by atoms with E-state index in [2.05, 4.69) is 33.9 Å². The van der Waals surface area contributed by atoms with Crippen LogP contribution in [0.25, 0.3) is 0 Å². The predicted molar refractivity (Wildman–Crippen MR) is 122 cm³/mol. The van der Waals surface area contributed by atoms with Gasteiger partial charge >= 0.3 is 6.09 Å². The van der Waals surface area contributed by atoms with Crippen molar-refractivity contribution in [2.24, 2.45) is 0 Å². The number of nitrogens with zero attached hydrogens (tertiary/aromatic N) is 1. The van der Waals surface area contributed by atoms with E-state index >= 15 is 0 Å². The number of likely N-dealkylation sites (tertiary alicyclic amines) is 1. The van der Waals surface area contributed by atoms with E-state index in [9.17, 15) is 9.90 Å². The van der Waals surface area contributed by atoms with Crippen LogP contribution in [0.5, 0.6) is 5.75 Å². The van der Waals surface area contributed by atoms with Gasteiger partial charge in [0.1, 0.15) is 11.4 Å². The monoisotopic (exact) mass is 437 g/mol. The predicted octanol–water partition coefficient (Wildman–Crippen LogP) is 4.61. The van der Waals surface area contributed by atoms with Crippen molar-refractivity contribution in [1.82, 2.24) is 4.90 Å². The van der Waals surface area contributed by atoms with Gasteiger partial charge in [-0.15, -0.1) is 0 Å². The summed E-state index contributed by atoms with van der Waals surface area (Å²) in [5.74, 6) is 0.781. The van der Waals surface area contributed by atoms with E-state index in [0.717, 1.165) is 11.3 Å². The lowest BCUT2D eigenvalue weighted by atomic mass is 10.0. The van der Waals surface area contributed by atoms with Crippen LogP contribution < -0.4 is 4.74 Å². The Morgan fingerprint density at radius 3 is 2.17 bits per heavy atom. The standard InChI is InChI=1S/C23H39NO5Si/c1-22(2,3)28-21(26)24-15-19(25)20(29-30(8,9)23(4,5)6)18(24)14-16-10-12-17(27-7)13-11-16/h10-13,18-20,25H,14-15H2,1-9H3/t18-,19+,20+/m1/s1. The van der Waals surface area contributed by atoms with E-state index < -0.39 is 32.2 Å². The van der Waals surface area contributed by atoms with Gasteiger partial charge in [-0.2, -0.15) is 0 Å². The molecule has 1 fully saturated rings. The van der Waals surface area contributed by atoms with Gasteiger partial charge in [-0.05, 0) is 63.0 Å². The highest BCUT2D eigenvalue weighted by Crippen LogP contribution is 2.40. The molecule has 1 aliphatic heterocycles. The van der Waals surface area contributed by atoms with E-state index in [1.165, 1.54) is 0 Å². The van der Waals surface area contributed by atoms with Crippen LogP contribution >= 0.6 is 0 Å². The summed E-state index contributed by atoms with van der Waals surface area (Å²) in [6.45, 7) is 16.6. The van der Waals surface area contributed by atoms with Crippen molar-refractivity contribution in [2.45, 2.75) is 89.9 Å². The number of rotatable bonds is 5. The summed E-state index contributed by atoms with van der Waals surface area (Å²) >= 11 is 0. The SMILES string of the molecule is COc1ccc(C[C@@H]2[C@H](O[Si](C)(C)C(C)(C)C)[C@@H](O)CN2C(=O)OC(C)(C)C)cc1. The minimum atomic E-state index is -2.16. The van der Waals surface area contributed by atoms with Gasteiger partial charge in [0.05, 0.1) is 31.9 Å². The van der Waals surface area contributed by atoms with Gasteiger partial charge < -0.3 is 19.0 Å². The summed E-state index contributed by atoms with van der Waals surface area (Å²) in [7, 11) is -0.521. The van der Waals surface area contributed by atoms with E-state index in [-0.39, 0.29) is 17.6 Å². The topological polar surface area (TPSA) is 68.2 Å². The third-order valence-corrected chi connectivity index (χ3v) is 10.5. The molecule has 0 bridgehead atoms. The normalized spacial score (nSPS) is 22.9. The van der Waals surface area contributed by atoms with E-state index in [0.29, 0.717) is 6.42 Å². The number of carbonyl (C=O) groups excluding carboxylic acids is 1. The van der Waals surface area contributed by atoms with Crippen LogP contribution in [0, 0.1) is 0 Å². The molecule has 0 unspecified atom stereocenters. The number of hydrogen-bond donors (Lipinski definition) is 1. The Morgan fingerprint density at radius 2 is 1.70 bits per heavy atom. The van der Waals surface area contributed by atoms with E-state index in [1.54, 1.807) is 12.0 Å². The molecule has 1 aliphatic rings. The lowest BCUT2D eigenvalue weighted by Gasteiger charge is -2.41. The number of amides is 1. The van der Waals surface area contributed by atoms with Crippen LogP contribution in [0.2, 0.25) is 18.1 Å². The van der Waals surface area contributed by atoms with Gasteiger partial charge in [-0.25, -0.2) is 4.79 Å². The molecule has 0 spiro atoms. The molecule has 1 aromatic rings. The van der Waals surface area contributed by atoms with Crippen LogP contribution in [-0.2, 0) is 15.6 Å². The molecular formula is C23H39NO5Si. The largest absolute Gasteiger partial charge is 0.497 e. The Balaban J connectivity index is 2.34. The van der Waals surface area contributed by atoms with Gasteiger partial charge in [0.2, 0.25) is 0 Å². The van der Waals surface area contributed by atoms with E-state index in [1.807, 2.05) is 45.0 Å². The number of benzene rings is 1. The minimum absolute atomic E-state index is 0.00325. The van der Waals surface area contributed by atoms with Crippen LogP contribution in [-0.4, -0.2) is 61.9 Å². The second-order valence-electron chi connectivity index (χ2n) is 10.7. The molecular weight excluding hydrogens is 398 g/mol. The first-order chi connectivity index (χ1) is 13.6. The van der Waals surface area contributed by atoms with Gasteiger partial charge in [0, 0.05) is 0 Å². The molecule has 0 aromatic heterocycles. The van der Waals surface area contributed by atoms with Crippen molar-refractivity contribution >= 4 is 14.4 Å². The third-order valence-electron chi connectivity index (χ3n) is 6.01. The molecule has 1 N–H and O–H groups in total. The number of carbonyl (C=O) groups is 1. The van der Waals surface area contributed by atoms with Crippen LogP contribution in [0.15, 0.2) is 24.3 Å². The molecule has 1 heterocycles. The first-order valence-electron chi connectivity index (χ1n) is 10.6. The molecule has 6 nitrogen and oxygen atoms in total. The smallest absolute Gasteiger partial charge is 0.410 e. The van der Waals surface area contributed by atoms with Gasteiger partial charge in [-0.1, -0.05) is 32.9 Å². The molecule has 0 aliphatic carbocycles. The minimum Gasteiger partial charge on any atom is -0.497 e. The Kier molecular flexibility index (Phi) is 7.31. The van der Waals surface area contributed by atoms with Crippen molar-refractivity contribution < 1.29 is 23.8 Å². The number of aliphatic hydroxyl groups is 1. The number of hydrogen-bond acceptors (Lipinski definition) is 5. The summed E-state index contributed by atoms with van der Waals surface area (Å²) in [4.78, 5) is 14.6. The molecule has 1 amide bonds. The first kappa shape index (κ1) is 24.7. The summed E-state index contributed by atoms with van der Waals surface area (Å²) in [5.41, 5.74) is 0.442. The fourth-order valence-electron chi connectivity index (χ4n) is 3.31. The highest BCUT2D eigenvalue weighted by Gasteiger charge is 2.49. The fraction of sp³-hybridized carbons (Fsp3) is 0.696. The van der Waals surface area contributed by atoms with Gasteiger partial charge in [0.25, 0.3) is 0 Å². The van der Waals surface area contributed by atoms with Gasteiger partial charge in [-0.3, -0.25) is 4.90 Å². The maximum absolute atomic E-state index is 12.9. The van der Waals surface area contributed by atoms with Crippen LogP contribution in [0.3, 0.4) is 0 Å². The maximum atomic E-state index is 12.9. The van der Waals surface area contributed by atoms with Crippen molar-refractivity contribution in [2.75, 3.05) is 13.7 Å². The molecule has 2 rings (SSSR count). The zero-order chi connectivity index (χ0) is 22.9. The summed E-state index contributed by atoms with van der Waals surface area (Å²) in [6.07, 6.45) is -1.06. The summed E-state index contributed by atoms with van der Waals surface area (Å²) < 4.78 is 17.5. The molecule has 0 radical (unpaired) electrons. The second-order valence-corrected chi connectivity index (χ2v) is 15.4. The van der Waals surface area contributed by atoms with Crippen molar-refractivity contribution in [3.05, 3.63) is 29.8 Å². The Labute approximate surface area is 182 Å². The quantitative estimate of drug-likeness (QED) is 0.682. The lowest BCUT2D eigenvalue weighted by Crippen LogP contribution is -2.51. The van der Waals surface area contributed by atoms with Crippen molar-refractivity contribution in [3.8, 4) is 5.75 Å². The van der Waals surface area contributed by atoms with Crippen molar-refractivity contribution in [1.29, 1.82) is 0 Å². The molecule has 1 aromatic carbocycles.